The van der Waals surface area contributed by atoms with E-state index in [2.05, 4.69) is 32.9 Å². The summed E-state index contributed by atoms with van der Waals surface area (Å²) in [7, 11) is 0. The van der Waals surface area contributed by atoms with E-state index < -0.39 is 0 Å². The molecule has 94 valence electrons. The van der Waals surface area contributed by atoms with Crippen LogP contribution >= 0.6 is 0 Å². The van der Waals surface area contributed by atoms with Crippen LogP contribution in [0.3, 0.4) is 0 Å². The maximum atomic E-state index is 7.57. The number of benzene rings is 1. The molecular formula is C15H28O. The van der Waals surface area contributed by atoms with Gasteiger partial charge in [0.15, 0.2) is 0 Å². The van der Waals surface area contributed by atoms with Crippen LogP contribution in [0.4, 0.5) is 0 Å². The molecule has 1 aromatic carbocycles. The van der Waals surface area contributed by atoms with Crippen molar-refractivity contribution in [2.45, 2.75) is 53.4 Å². The Kier molecular flexibility index (Phi) is 18.2. The fourth-order valence-electron chi connectivity index (χ4n) is 1.03. The minimum Gasteiger partial charge on any atom is -0.397 e. The Morgan fingerprint density at radius 1 is 0.875 bits per heavy atom. The van der Waals surface area contributed by atoms with Crippen LogP contribution in [0.25, 0.3) is 0 Å². The zero-order chi connectivity index (χ0) is 12.6. The van der Waals surface area contributed by atoms with E-state index >= 15 is 0 Å². The van der Waals surface area contributed by atoms with Gasteiger partial charge in [-0.2, -0.15) is 0 Å². The maximum absolute atomic E-state index is 7.57. The van der Waals surface area contributed by atoms with Gasteiger partial charge in [0.05, 0.1) is 0 Å². The Bertz CT molecular complexity index is 190. The lowest BCUT2D eigenvalue weighted by Crippen LogP contribution is -1.66. The normalized spacial score (nSPS) is 8.31. The second kappa shape index (κ2) is 16.6. The Morgan fingerprint density at radius 3 is 1.44 bits per heavy atom. The summed E-state index contributed by atoms with van der Waals surface area (Å²) >= 11 is 0. The van der Waals surface area contributed by atoms with E-state index in [9.17, 15) is 0 Å². The molecule has 1 aromatic rings. The Morgan fingerprint density at radius 2 is 1.25 bits per heavy atom. The van der Waals surface area contributed by atoms with Gasteiger partial charge in [-0.05, 0) is 13.8 Å². The molecule has 0 aliphatic carbocycles. The average molecular weight is 224 g/mol. The number of aliphatic hydroxyl groups is 1. The van der Waals surface area contributed by atoms with Crippen LogP contribution < -0.4 is 0 Å². The SMILES string of the molecule is CCCCCC.CCO.Cc1ccccc1. The van der Waals surface area contributed by atoms with Gasteiger partial charge in [0.1, 0.15) is 0 Å². The van der Waals surface area contributed by atoms with Gasteiger partial charge in [-0.3, -0.25) is 0 Å². The molecule has 0 unspecified atom stereocenters. The lowest BCUT2D eigenvalue weighted by atomic mass is 10.2. The molecule has 0 atom stereocenters. The fourth-order valence-corrected chi connectivity index (χ4v) is 1.03. The van der Waals surface area contributed by atoms with Gasteiger partial charge in [0.25, 0.3) is 0 Å². The molecule has 0 fully saturated rings. The second-order valence-electron chi connectivity index (χ2n) is 3.68. The predicted molar refractivity (Wildman–Crippen MR) is 73.8 cm³/mol. The Hall–Kier alpha value is -0.820. The van der Waals surface area contributed by atoms with Gasteiger partial charge >= 0.3 is 0 Å². The molecular weight excluding hydrogens is 196 g/mol. The van der Waals surface area contributed by atoms with Crippen molar-refractivity contribution < 1.29 is 5.11 Å². The van der Waals surface area contributed by atoms with Crippen LogP contribution in [0.5, 0.6) is 0 Å². The van der Waals surface area contributed by atoms with Crippen molar-refractivity contribution in [1.82, 2.24) is 0 Å². The summed E-state index contributed by atoms with van der Waals surface area (Å²) in [5.74, 6) is 0. The highest BCUT2D eigenvalue weighted by Crippen LogP contribution is 1.95. The highest BCUT2D eigenvalue weighted by atomic mass is 16.2. The Balaban J connectivity index is 0. The topological polar surface area (TPSA) is 20.2 Å². The number of hydrogen-bond acceptors (Lipinski definition) is 1. The van der Waals surface area contributed by atoms with Crippen LogP contribution in [0.2, 0.25) is 0 Å². The third-order valence-corrected chi connectivity index (χ3v) is 1.90. The molecule has 1 heteroatoms. The second-order valence-corrected chi connectivity index (χ2v) is 3.68. The van der Waals surface area contributed by atoms with E-state index in [-0.39, 0.29) is 6.61 Å². The zero-order valence-corrected chi connectivity index (χ0v) is 11.4. The summed E-state index contributed by atoms with van der Waals surface area (Å²) < 4.78 is 0. The quantitative estimate of drug-likeness (QED) is 0.745. The lowest BCUT2D eigenvalue weighted by molar-refractivity contribution is 0.318. The van der Waals surface area contributed by atoms with Crippen LogP contribution in [0.15, 0.2) is 30.3 Å². The van der Waals surface area contributed by atoms with Crippen LogP contribution in [0, 0.1) is 6.92 Å². The summed E-state index contributed by atoms with van der Waals surface area (Å²) in [6, 6.07) is 10.3. The molecule has 0 spiro atoms. The Labute approximate surface area is 102 Å². The summed E-state index contributed by atoms with van der Waals surface area (Å²) in [6.45, 7) is 8.48. The third kappa shape index (κ3) is 18.9. The standard InChI is InChI=1S/C7H8.C6H14.C2H6O/c1-7-5-3-2-4-6-7;1-3-5-6-4-2;1-2-3/h2-6H,1H3;3-6H2,1-2H3;3H,2H2,1H3. The number of hydrogen-bond donors (Lipinski definition) is 1. The summed E-state index contributed by atoms with van der Waals surface area (Å²) in [5.41, 5.74) is 1.32. The van der Waals surface area contributed by atoms with Crippen LogP contribution in [-0.2, 0) is 0 Å². The summed E-state index contributed by atoms with van der Waals surface area (Å²) in [4.78, 5) is 0. The van der Waals surface area contributed by atoms with Crippen molar-refractivity contribution in [2.75, 3.05) is 6.61 Å². The smallest absolute Gasteiger partial charge is 0.0402 e. The highest BCUT2D eigenvalue weighted by molar-refractivity contribution is 5.11. The van der Waals surface area contributed by atoms with E-state index in [1.807, 2.05) is 18.2 Å². The summed E-state index contributed by atoms with van der Waals surface area (Å²) in [5, 5.41) is 7.57. The summed E-state index contributed by atoms with van der Waals surface area (Å²) in [6.07, 6.45) is 5.54. The average Bonchev–Trinajstić information content (AvgIpc) is 2.29. The largest absolute Gasteiger partial charge is 0.397 e. The zero-order valence-electron chi connectivity index (χ0n) is 11.4. The number of rotatable bonds is 3. The fraction of sp³-hybridized carbons (Fsp3) is 0.600. The first-order chi connectivity index (χ1) is 7.72. The molecule has 1 rings (SSSR count). The van der Waals surface area contributed by atoms with Gasteiger partial charge in [-0.1, -0.05) is 75.4 Å². The molecule has 16 heavy (non-hydrogen) atoms. The van der Waals surface area contributed by atoms with Gasteiger partial charge in [-0.15, -0.1) is 0 Å². The van der Waals surface area contributed by atoms with Crippen molar-refractivity contribution in [3.63, 3.8) is 0 Å². The molecule has 0 saturated carbocycles. The first-order valence-electron chi connectivity index (χ1n) is 6.35. The number of aryl methyl sites for hydroxylation is 1. The highest BCUT2D eigenvalue weighted by Gasteiger charge is 1.75. The lowest BCUT2D eigenvalue weighted by Gasteiger charge is -1.86. The molecule has 0 saturated heterocycles. The van der Waals surface area contributed by atoms with E-state index in [1.165, 1.54) is 31.2 Å². The monoisotopic (exact) mass is 224 g/mol. The molecule has 0 aliphatic heterocycles. The van der Waals surface area contributed by atoms with E-state index in [0.717, 1.165) is 0 Å². The van der Waals surface area contributed by atoms with Crippen LogP contribution in [0.1, 0.15) is 52.0 Å². The number of unbranched alkanes of at least 4 members (excludes halogenated alkanes) is 3. The molecule has 1 nitrogen and oxygen atoms in total. The van der Waals surface area contributed by atoms with Crippen molar-refractivity contribution in [2.24, 2.45) is 0 Å². The van der Waals surface area contributed by atoms with Gasteiger partial charge in [0, 0.05) is 6.61 Å². The van der Waals surface area contributed by atoms with Gasteiger partial charge in [0.2, 0.25) is 0 Å². The molecule has 0 bridgehead atoms. The first-order valence-corrected chi connectivity index (χ1v) is 6.35. The minimum atomic E-state index is 0.250. The maximum Gasteiger partial charge on any atom is 0.0402 e. The molecule has 0 amide bonds. The first kappa shape index (κ1) is 17.6. The molecule has 0 heterocycles. The van der Waals surface area contributed by atoms with Crippen molar-refractivity contribution in [3.05, 3.63) is 35.9 Å². The van der Waals surface area contributed by atoms with Crippen molar-refractivity contribution in [3.8, 4) is 0 Å². The molecule has 0 aliphatic rings. The van der Waals surface area contributed by atoms with Crippen molar-refractivity contribution in [1.29, 1.82) is 0 Å². The van der Waals surface area contributed by atoms with E-state index in [4.69, 9.17) is 5.11 Å². The minimum absolute atomic E-state index is 0.250. The van der Waals surface area contributed by atoms with E-state index in [0.29, 0.717) is 0 Å². The van der Waals surface area contributed by atoms with Gasteiger partial charge in [-0.25, -0.2) is 0 Å². The number of aliphatic hydroxyl groups excluding tert-OH is 1. The van der Waals surface area contributed by atoms with Crippen LogP contribution in [-0.4, -0.2) is 11.7 Å². The van der Waals surface area contributed by atoms with Gasteiger partial charge < -0.3 is 5.11 Å². The molecule has 0 aromatic heterocycles. The molecule has 0 radical (unpaired) electrons. The predicted octanol–water partition coefficient (Wildman–Crippen LogP) is 4.58. The third-order valence-electron chi connectivity index (χ3n) is 1.90. The van der Waals surface area contributed by atoms with Crippen molar-refractivity contribution >= 4 is 0 Å². The molecule has 1 N–H and O–H groups in total. The van der Waals surface area contributed by atoms with E-state index in [1.54, 1.807) is 6.92 Å².